The molecule has 25 heavy (non-hydrogen) atoms. The van der Waals surface area contributed by atoms with Gasteiger partial charge in [0.25, 0.3) is 15.6 Å². The van der Waals surface area contributed by atoms with Crippen LogP contribution < -0.4 is 9.86 Å². The van der Waals surface area contributed by atoms with Crippen molar-refractivity contribution in [2.24, 2.45) is 0 Å². The van der Waals surface area contributed by atoms with E-state index in [-0.39, 0.29) is 26.2 Å². The Morgan fingerprint density at radius 3 is 2.80 bits per heavy atom. The maximum absolute atomic E-state index is 13.3. The predicted octanol–water partition coefficient (Wildman–Crippen LogP) is 3.24. The number of sulfonamides is 1. The molecular weight excluding hydrogens is 360 g/mol. The number of benzene rings is 2. The molecule has 0 bridgehead atoms. The van der Waals surface area contributed by atoms with Crippen LogP contribution in [0.5, 0.6) is 0 Å². The van der Waals surface area contributed by atoms with Crippen molar-refractivity contribution in [2.75, 3.05) is 10.8 Å². The fraction of sp³-hybridized carbons (Fsp3) is 0.167. The molecule has 4 rings (SSSR count). The Labute approximate surface area is 149 Å². The van der Waals surface area contributed by atoms with Gasteiger partial charge in [-0.15, -0.1) is 0 Å². The molecule has 0 unspecified atom stereocenters. The fourth-order valence-corrected chi connectivity index (χ4v) is 5.33. The third kappa shape index (κ3) is 2.44. The van der Waals surface area contributed by atoms with Gasteiger partial charge in [0.15, 0.2) is 0 Å². The third-order valence-corrected chi connectivity index (χ3v) is 6.66. The Kier molecular flexibility index (Phi) is 3.63. The number of hydrogen-bond donors (Lipinski definition) is 1. The second-order valence-corrected chi connectivity index (χ2v) is 8.34. The van der Waals surface area contributed by atoms with Gasteiger partial charge in [0, 0.05) is 23.5 Å². The van der Waals surface area contributed by atoms with Crippen LogP contribution >= 0.6 is 11.6 Å². The first-order valence-corrected chi connectivity index (χ1v) is 9.63. The van der Waals surface area contributed by atoms with Crippen molar-refractivity contribution in [3.05, 3.63) is 69.1 Å². The molecule has 0 radical (unpaired) electrons. The second-order valence-electron chi connectivity index (χ2n) is 6.10. The molecule has 2 heterocycles. The lowest BCUT2D eigenvalue weighted by molar-refractivity contribution is 0.593. The normalized spacial score (nSPS) is 14.1. The number of halogens is 1. The Hall–Kier alpha value is -2.31. The van der Waals surface area contributed by atoms with Crippen molar-refractivity contribution in [2.45, 2.75) is 18.2 Å². The van der Waals surface area contributed by atoms with Crippen LogP contribution in [0.15, 0.2) is 52.3 Å². The zero-order chi connectivity index (χ0) is 17.8. The highest BCUT2D eigenvalue weighted by Crippen LogP contribution is 2.36. The van der Waals surface area contributed by atoms with Crippen LogP contribution in [-0.4, -0.2) is 19.9 Å². The molecule has 0 spiro atoms. The van der Waals surface area contributed by atoms with E-state index in [0.717, 1.165) is 11.1 Å². The Balaban J connectivity index is 1.98. The SMILES string of the molecule is Cc1ccc2c(c1)N(S(=O)(=O)c1cccc3c(=O)[nH]cc(Cl)c13)CC2. The van der Waals surface area contributed by atoms with E-state index in [1.807, 2.05) is 25.1 Å². The molecule has 2 aromatic carbocycles. The van der Waals surface area contributed by atoms with Crippen LogP contribution in [0.1, 0.15) is 11.1 Å². The minimum atomic E-state index is -3.84. The van der Waals surface area contributed by atoms with Crippen LogP contribution in [0.4, 0.5) is 5.69 Å². The monoisotopic (exact) mass is 374 g/mol. The minimum Gasteiger partial charge on any atom is -0.327 e. The van der Waals surface area contributed by atoms with Gasteiger partial charge in [0.2, 0.25) is 0 Å². The van der Waals surface area contributed by atoms with E-state index in [1.165, 1.54) is 16.6 Å². The van der Waals surface area contributed by atoms with Gasteiger partial charge < -0.3 is 4.98 Å². The number of rotatable bonds is 2. The molecular formula is C18H15ClN2O3S. The maximum atomic E-state index is 13.3. The largest absolute Gasteiger partial charge is 0.327 e. The van der Waals surface area contributed by atoms with Crippen molar-refractivity contribution in [1.82, 2.24) is 4.98 Å². The average Bonchev–Trinajstić information content (AvgIpc) is 3.01. The highest BCUT2D eigenvalue weighted by Gasteiger charge is 2.32. The number of pyridine rings is 1. The first-order valence-electron chi connectivity index (χ1n) is 7.82. The highest BCUT2D eigenvalue weighted by atomic mass is 35.5. The predicted molar refractivity (Wildman–Crippen MR) is 99.0 cm³/mol. The van der Waals surface area contributed by atoms with Crippen LogP contribution in [0.3, 0.4) is 0 Å². The van der Waals surface area contributed by atoms with Gasteiger partial charge >= 0.3 is 0 Å². The van der Waals surface area contributed by atoms with Gasteiger partial charge in [-0.05, 0) is 42.7 Å². The number of hydrogen-bond acceptors (Lipinski definition) is 3. The van der Waals surface area contributed by atoms with Crippen molar-refractivity contribution >= 4 is 38.1 Å². The van der Waals surface area contributed by atoms with Gasteiger partial charge in [0.1, 0.15) is 0 Å². The van der Waals surface area contributed by atoms with E-state index in [9.17, 15) is 13.2 Å². The molecule has 0 atom stereocenters. The summed E-state index contributed by atoms with van der Waals surface area (Å²) < 4.78 is 28.1. The lowest BCUT2D eigenvalue weighted by atomic mass is 10.1. The van der Waals surface area contributed by atoms with Gasteiger partial charge in [-0.3, -0.25) is 9.10 Å². The number of nitrogens with one attached hydrogen (secondary N) is 1. The second kappa shape index (κ2) is 5.61. The summed E-state index contributed by atoms with van der Waals surface area (Å²) >= 11 is 6.22. The zero-order valence-corrected chi connectivity index (χ0v) is 15.0. The van der Waals surface area contributed by atoms with Gasteiger partial charge in [-0.2, -0.15) is 0 Å². The Morgan fingerprint density at radius 2 is 2.00 bits per heavy atom. The van der Waals surface area contributed by atoms with Crippen molar-refractivity contribution in [1.29, 1.82) is 0 Å². The first kappa shape index (κ1) is 16.2. The van der Waals surface area contributed by atoms with E-state index in [1.54, 1.807) is 12.1 Å². The van der Waals surface area contributed by atoms with Crippen molar-refractivity contribution < 1.29 is 8.42 Å². The number of anilines is 1. The smallest absolute Gasteiger partial charge is 0.265 e. The molecule has 0 saturated carbocycles. The molecule has 7 heteroatoms. The van der Waals surface area contributed by atoms with E-state index < -0.39 is 10.0 Å². The number of nitrogens with zero attached hydrogens (tertiary/aromatic N) is 1. The van der Waals surface area contributed by atoms with E-state index >= 15 is 0 Å². The number of aryl methyl sites for hydroxylation is 1. The van der Waals surface area contributed by atoms with E-state index in [0.29, 0.717) is 18.7 Å². The average molecular weight is 375 g/mol. The lowest BCUT2D eigenvalue weighted by Gasteiger charge is -2.21. The summed E-state index contributed by atoms with van der Waals surface area (Å²) in [5, 5.41) is 0.726. The van der Waals surface area contributed by atoms with Crippen LogP contribution in [0.2, 0.25) is 5.02 Å². The number of aromatic nitrogens is 1. The molecule has 0 saturated heterocycles. The maximum Gasteiger partial charge on any atom is 0.265 e. The molecule has 5 nitrogen and oxygen atoms in total. The quantitative estimate of drug-likeness (QED) is 0.748. The molecule has 0 aliphatic carbocycles. The summed E-state index contributed by atoms with van der Waals surface area (Å²) in [4.78, 5) is 14.6. The summed E-state index contributed by atoms with van der Waals surface area (Å²) in [5.41, 5.74) is 2.32. The third-order valence-electron chi connectivity index (χ3n) is 4.50. The number of fused-ring (bicyclic) bond motifs is 2. The topological polar surface area (TPSA) is 70.2 Å². The summed E-state index contributed by atoms with van der Waals surface area (Å²) in [7, 11) is -3.84. The van der Waals surface area contributed by atoms with Crippen LogP contribution in [0, 0.1) is 6.92 Å². The summed E-state index contributed by atoms with van der Waals surface area (Å²) in [6.45, 7) is 2.30. The van der Waals surface area contributed by atoms with Crippen LogP contribution in [-0.2, 0) is 16.4 Å². The van der Waals surface area contributed by atoms with Crippen molar-refractivity contribution in [3.63, 3.8) is 0 Å². The molecule has 0 amide bonds. The van der Waals surface area contributed by atoms with E-state index in [2.05, 4.69) is 4.98 Å². The standard InChI is InChI=1S/C18H15ClN2O3S/c1-11-5-6-12-7-8-21(15(12)9-11)25(23,24)16-4-2-3-13-17(16)14(19)10-20-18(13)22/h2-6,9-10H,7-8H2,1H3,(H,20,22). The molecule has 3 aromatic rings. The minimum absolute atomic E-state index is 0.0513. The summed E-state index contributed by atoms with van der Waals surface area (Å²) in [6, 6.07) is 10.4. The highest BCUT2D eigenvalue weighted by molar-refractivity contribution is 7.93. The Bertz CT molecular complexity index is 1170. The summed E-state index contributed by atoms with van der Waals surface area (Å²) in [5.74, 6) is 0. The van der Waals surface area contributed by atoms with Crippen LogP contribution in [0.25, 0.3) is 10.8 Å². The fourth-order valence-electron chi connectivity index (χ4n) is 3.29. The van der Waals surface area contributed by atoms with Crippen molar-refractivity contribution in [3.8, 4) is 0 Å². The number of H-pyrrole nitrogens is 1. The Morgan fingerprint density at radius 1 is 1.20 bits per heavy atom. The molecule has 0 fully saturated rings. The summed E-state index contributed by atoms with van der Waals surface area (Å²) in [6.07, 6.45) is 1.99. The van der Waals surface area contributed by atoms with Gasteiger partial charge in [0.05, 0.1) is 15.6 Å². The molecule has 128 valence electrons. The lowest BCUT2D eigenvalue weighted by Crippen LogP contribution is -2.29. The van der Waals surface area contributed by atoms with Gasteiger partial charge in [-0.1, -0.05) is 29.8 Å². The van der Waals surface area contributed by atoms with Gasteiger partial charge in [-0.25, -0.2) is 8.42 Å². The molecule has 1 aliphatic heterocycles. The molecule has 1 aromatic heterocycles. The molecule has 1 aliphatic rings. The first-order chi connectivity index (χ1) is 11.9. The molecule has 1 N–H and O–H groups in total. The zero-order valence-electron chi connectivity index (χ0n) is 13.4. The number of aromatic amines is 1. The van der Waals surface area contributed by atoms with E-state index in [4.69, 9.17) is 11.6 Å².